The molecule has 0 radical (unpaired) electrons. The monoisotopic (exact) mass is 512 g/mol. The standard InChI is InChI=1S/C21H23F3N6O4S/c22-16-10-29(11-17(16)31)18-15-9-25-30(13-2-1-3-14(8-13)34-20(23)24)19(15)28-21(27-18)26-12-4-6-35(32,33)7-5-12/h1-3,8-9,12,16-17,20,31H,4-7,10-11H2,(H,26,27,28)/t16-,17-/m0/s1. The van der Waals surface area contributed by atoms with E-state index in [1.54, 1.807) is 11.0 Å². The Morgan fingerprint density at radius 2 is 1.94 bits per heavy atom. The molecule has 188 valence electrons. The van der Waals surface area contributed by atoms with E-state index in [2.05, 4.69) is 25.1 Å². The molecule has 2 saturated heterocycles. The van der Waals surface area contributed by atoms with Crippen molar-refractivity contribution in [2.75, 3.05) is 34.8 Å². The topological polar surface area (TPSA) is 122 Å². The third kappa shape index (κ3) is 4.98. The van der Waals surface area contributed by atoms with Crippen LogP contribution in [0.4, 0.5) is 24.9 Å². The Hall–Kier alpha value is -3.13. The number of ether oxygens (including phenoxy) is 1. The number of nitrogens with zero attached hydrogens (tertiary/aromatic N) is 5. The van der Waals surface area contributed by atoms with Crippen molar-refractivity contribution in [2.24, 2.45) is 0 Å². The van der Waals surface area contributed by atoms with Crippen molar-refractivity contribution in [3.05, 3.63) is 30.5 Å². The summed E-state index contributed by atoms with van der Waals surface area (Å²) in [4.78, 5) is 10.7. The van der Waals surface area contributed by atoms with Crippen molar-refractivity contribution < 1.29 is 31.4 Å². The summed E-state index contributed by atoms with van der Waals surface area (Å²) in [6.45, 7) is -3.03. The van der Waals surface area contributed by atoms with Gasteiger partial charge in [0.05, 0.1) is 35.3 Å². The molecule has 14 heteroatoms. The quantitative estimate of drug-likeness (QED) is 0.510. The zero-order valence-electron chi connectivity index (χ0n) is 18.4. The summed E-state index contributed by atoms with van der Waals surface area (Å²) >= 11 is 0. The maximum atomic E-state index is 14.1. The second kappa shape index (κ2) is 9.15. The molecular formula is C21H23F3N6O4S. The largest absolute Gasteiger partial charge is 0.435 e. The number of halogens is 3. The summed E-state index contributed by atoms with van der Waals surface area (Å²) in [5, 5.41) is 17.9. The number of alkyl halides is 3. The average molecular weight is 513 g/mol. The second-order valence-electron chi connectivity index (χ2n) is 8.60. The molecule has 35 heavy (non-hydrogen) atoms. The maximum Gasteiger partial charge on any atom is 0.387 e. The Morgan fingerprint density at radius 3 is 2.63 bits per heavy atom. The van der Waals surface area contributed by atoms with E-state index in [0.717, 1.165) is 0 Å². The van der Waals surface area contributed by atoms with E-state index >= 15 is 0 Å². The van der Waals surface area contributed by atoms with Gasteiger partial charge in [-0.25, -0.2) is 17.5 Å². The van der Waals surface area contributed by atoms with Gasteiger partial charge >= 0.3 is 6.61 Å². The average Bonchev–Trinajstić information content (AvgIpc) is 3.37. The van der Waals surface area contributed by atoms with Crippen molar-refractivity contribution in [2.45, 2.75) is 37.8 Å². The van der Waals surface area contributed by atoms with Gasteiger partial charge in [-0.3, -0.25) is 0 Å². The number of aliphatic hydroxyl groups excluding tert-OH is 1. The number of aliphatic hydroxyl groups is 1. The summed E-state index contributed by atoms with van der Waals surface area (Å²) in [5.74, 6) is 0.592. The van der Waals surface area contributed by atoms with Gasteiger partial charge in [0.1, 0.15) is 33.7 Å². The van der Waals surface area contributed by atoms with Gasteiger partial charge in [0.15, 0.2) is 5.65 Å². The smallest absolute Gasteiger partial charge is 0.387 e. The van der Waals surface area contributed by atoms with Crippen LogP contribution in [0.15, 0.2) is 30.5 Å². The summed E-state index contributed by atoms with van der Waals surface area (Å²) in [6, 6.07) is 5.77. The lowest BCUT2D eigenvalue weighted by Gasteiger charge is -2.24. The van der Waals surface area contributed by atoms with Crippen LogP contribution in [0.25, 0.3) is 16.7 Å². The van der Waals surface area contributed by atoms with Gasteiger partial charge in [0, 0.05) is 18.7 Å². The van der Waals surface area contributed by atoms with Crippen LogP contribution in [-0.2, 0) is 9.84 Å². The van der Waals surface area contributed by atoms with Gasteiger partial charge in [-0.15, -0.1) is 0 Å². The number of aromatic nitrogens is 4. The van der Waals surface area contributed by atoms with Crippen LogP contribution in [0.3, 0.4) is 0 Å². The number of rotatable bonds is 6. The van der Waals surface area contributed by atoms with E-state index in [0.29, 0.717) is 35.4 Å². The van der Waals surface area contributed by atoms with Gasteiger partial charge in [-0.1, -0.05) is 6.07 Å². The van der Waals surface area contributed by atoms with E-state index in [-0.39, 0.29) is 42.3 Å². The van der Waals surface area contributed by atoms with Crippen LogP contribution in [0.2, 0.25) is 0 Å². The lowest BCUT2D eigenvalue weighted by atomic mass is 10.2. The van der Waals surface area contributed by atoms with Gasteiger partial charge in [0.2, 0.25) is 5.95 Å². The molecule has 0 aliphatic carbocycles. The predicted octanol–water partition coefficient (Wildman–Crippen LogP) is 1.92. The van der Waals surface area contributed by atoms with E-state index in [1.165, 1.54) is 29.1 Å². The zero-order chi connectivity index (χ0) is 24.7. The highest BCUT2D eigenvalue weighted by Gasteiger charge is 2.34. The Balaban J connectivity index is 1.55. The highest BCUT2D eigenvalue weighted by atomic mass is 32.2. The molecule has 10 nitrogen and oxygen atoms in total. The minimum Gasteiger partial charge on any atom is -0.435 e. The third-order valence-electron chi connectivity index (χ3n) is 6.10. The number of sulfone groups is 1. The van der Waals surface area contributed by atoms with Crippen LogP contribution >= 0.6 is 0 Å². The molecule has 2 N–H and O–H groups in total. The van der Waals surface area contributed by atoms with Crippen LogP contribution in [0.5, 0.6) is 5.75 Å². The molecular weight excluding hydrogens is 489 g/mol. The van der Waals surface area contributed by atoms with Gasteiger partial charge < -0.3 is 20.1 Å². The van der Waals surface area contributed by atoms with Crippen molar-refractivity contribution in [1.29, 1.82) is 0 Å². The molecule has 4 heterocycles. The minimum atomic E-state index is -3.06. The van der Waals surface area contributed by atoms with E-state index < -0.39 is 28.7 Å². The third-order valence-corrected chi connectivity index (χ3v) is 7.82. The number of β-amino-alcohol motifs (C(OH)–C–C–N with tert-alkyl or cyclic N) is 1. The highest BCUT2D eigenvalue weighted by molar-refractivity contribution is 7.91. The first-order valence-electron chi connectivity index (χ1n) is 11.0. The fraction of sp³-hybridized carbons (Fsp3) is 0.476. The number of hydrogen-bond acceptors (Lipinski definition) is 9. The normalized spacial score (nSPS) is 22.7. The van der Waals surface area contributed by atoms with Gasteiger partial charge in [0.25, 0.3) is 0 Å². The van der Waals surface area contributed by atoms with Crippen LogP contribution in [0, 0.1) is 0 Å². The first kappa shape index (κ1) is 23.6. The Morgan fingerprint density at radius 1 is 1.17 bits per heavy atom. The zero-order valence-corrected chi connectivity index (χ0v) is 19.2. The molecule has 2 fully saturated rings. The maximum absolute atomic E-state index is 14.1. The second-order valence-corrected chi connectivity index (χ2v) is 10.9. The predicted molar refractivity (Wildman–Crippen MR) is 122 cm³/mol. The van der Waals surface area contributed by atoms with E-state index in [1.807, 2.05) is 0 Å². The molecule has 0 spiro atoms. The molecule has 0 bridgehead atoms. The van der Waals surface area contributed by atoms with Crippen molar-refractivity contribution in [3.8, 4) is 11.4 Å². The molecule has 2 aromatic heterocycles. The Bertz CT molecular complexity index is 1310. The minimum absolute atomic E-state index is 0.0251. The van der Waals surface area contributed by atoms with Crippen molar-refractivity contribution in [3.63, 3.8) is 0 Å². The summed E-state index contributed by atoms with van der Waals surface area (Å²) in [6.07, 6.45) is -0.350. The molecule has 0 saturated carbocycles. The van der Waals surface area contributed by atoms with Crippen LogP contribution in [-0.4, -0.2) is 82.8 Å². The molecule has 2 atom stereocenters. The number of hydrogen-bond donors (Lipinski definition) is 2. The summed E-state index contributed by atoms with van der Waals surface area (Å²) < 4.78 is 69.0. The van der Waals surface area contributed by atoms with E-state index in [9.17, 15) is 26.7 Å². The van der Waals surface area contributed by atoms with E-state index in [4.69, 9.17) is 0 Å². The molecule has 0 unspecified atom stereocenters. The number of benzene rings is 1. The Kier molecular flexibility index (Phi) is 6.17. The molecule has 0 amide bonds. The SMILES string of the molecule is O=S1(=O)CCC(Nc2nc(N3C[C@H](O)[C@@H](F)C3)c3cnn(-c4cccc(OC(F)F)c4)c3n2)CC1. The van der Waals surface area contributed by atoms with Crippen molar-refractivity contribution >= 4 is 32.6 Å². The number of fused-ring (bicyclic) bond motifs is 1. The molecule has 2 aliphatic rings. The Labute approximate surface area is 198 Å². The van der Waals surface area contributed by atoms with Gasteiger partial charge in [-0.2, -0.15) is 23.8 Å². The first-order valence-corrected chi connectivity index (χ1v) is 12.9. The number of nitrogens with one attached hydrogen (secondary N) is 1. The highest BCUT2D eigenvalue weighted by Crippen LogP contribution is 2.31. The van der Waals surface area contributed by atoms with Crippen LogP contribution < -0.4 is 15.0 Å². The number of anilines is 2. The fourth-order valence-electron chi connectivity index (χ4n) is 4.32. The molecule has 1 aromatic carbocycles. The van der Waals surface area contributed by atoms with Gasteiger partial charge in [-0.05, 0) is 25.0 Å². The lowest BCUT2D eigenvalue weighted by Crippen LogP contribution is -2.33. The first-order chi connectivity index (χ1) is 16.7. The summed E-state index contributed by atoms with van der Waals surface area (Å²) in [5.41, 5.74) is 0.731. The molecule has 2 aliphatic heterocycles. The molecule has 5 rings (SSSR count). The fourth-order valence-corrected chi connectivity index (χ4v) is 5.81. The van der Waals surface area contributed by atoms with Crippen LogP contribution in [0.1, 0.15) is 12.8 Å². The molecule has 3 aromatic rings. The summed E-state index contributed by atoms with van der Waals surface area (Å²) in [7, 11) is -3.06. The van der Waals surface area contributed by atoms with Crippen molar-refractivity contribution in [1.82, 2.24) is 19.7 Å². The lowest BCUT2D eigenvalue weighted by molar-refractivity contribution is -0.0498.